The maximum atomic E-state index is 9.62. The van der Waals surface area contributed by atoms with Gasteiger partial charge >= 0.3 is 0 Å². The fourth-order valence-corrected chi connectivity index (χ4v) is 2.21. The van der Waals surface area contributed by atoms with Crippen molar-refractivity contribution < 1.29 is 24.4 Å². The van der Waals surface area contributed by atoms with Crippen LogP contribution in [0.25, 0.3) is 0 Å². The summed E-state index contributed by atoms with van der Waals surface area (Å²) >= 11 is 0. The average molecular weight is 238 g/mol. The van der Waals surface area contributed by atoms with E-state index in [0.717, 1.165) is 0 Å². The molecule has 0 bridgehead atoms. The zero-order valence-electron chi connectivity index (χ0n) is 9.57. The Kier molecular flexibility index (Phi) is 4.49. The van der Waals surface area contributed by atoms with Crippen molar-refractivity contribution in [3.05, 3.63) is 0 Å². The van der Waals surface area contributed by atoms with Gasteiger partial charge < -0.3 is 24.4 Å². The lowest BCUT2D eigenvalue weighted by atomic mass is 9.96. The molecule has 17 heavy (non-hydrogen) atoms. The van der Waals surface area contributed by atoms with E-state index in [2.05, 4.69) is 0 Å². The first-order valence-electron chi connectivity index (χ1n) is 5.82. The smallest absolute Gasteiger partial charge is 0.109 e. The molecular formula is C10H16B2O5. The third kappa shape index (κ3) is 3.23. The van der Waals surface area contributed by atoms with Crippen LogP contribution in [0.4, 0.5) is 0 Å². The van der Waals surface area contributed by atoms with Crippen LogP contribution in [0.15, 0.2) is 0 Å². The summed E-state index contributed by atoms with van der Waals surface area (Å²) in [5, 5.41) is 18.7. The van der Waals surface area contributed by atoms with Gasteiger partial charge in [0.25, 0.3) is 0 Å². The van der Waals surface area contributed by atoms with Gasteiger partial charge in [0.2, 0.25) is 0 Å². The van der Waals surface area contributed by atoms with Crippen LogP contribution in [-0.4, -0.2) is 75.5 Å². The van der Waals surface area contributed by atoms with E-state index in [1.54, 1.807) is 0 Å². The van der Waals surface area contributed by atoms with Crippen LogP contribution in [0.3, 0.4) is 0 Å². The van der Waals surface area contributed by atoms with Crippen molar-refractivity contribution in [2.75, 3.05) is 13.2 Å². The molecule has 2 aliphatic heterocycles. The van der Waals surface area contributed by atoms with Crippen LogP contribution in [0, 0.1) is 0 Å². The van der Waals surface area contributed by atoms with Gasteiger partial charge in [-0.15, -0.1) is 0 Å². The Bertz CT molecular complexity index is 255. The van der Waals surface area contributed by atoms with E-state index < -0.39 is 30.3 Å². The second kappa shape index (κ2) is 5.71. The lowest BCUT2D eigenvalue weighted by Gasteiger charge is -2.21. The predicted molar refractivity (Wildman–Crippen MR) is 60.9 cm³/mol. The van der Waals surface area contributed by atoms with Gasteiger partial charge in [0, 0.05) is 12.0 Å². The molecule has 92 valence electrons. The topological polar surface area (TPSA) is 68.2 Å². The number of rotatable bonds is 4. The van der Waals surface area contributed by atoms with Crippen LogP contribution >= 0.6 is 0 Å². The predicted octanol–water partition coefficient (Wildman–Crippen LogP) is -1.71. The van der Waals surface area contributed by atoms with Gasteiger partial charge in [-0.25, -0.2) is 0 Å². The fourth-order valence-electron chi connectivity index (χ4n) is 2.21. The standard InChI is InChI=1S/C10H16B2O5/c11-9-1-5(14)8(17-9)4-15-6-2-10(12)16-7(6)3-13/h5-10,13-14H,1-4H2/t5?,6?,7-,8-,9-,10-/m1/s1. The Morgan fingerprint density at radius 2 is 1.76 bits per heavy atom. The molecule has 4 radical (unpaired) electrons. The summed E-state index contributed by atoms with van der Waals surface area (Å²) in [4.78, 5) is 0. The highest BCUT2D eigenvalue weighted by Gasteiger charge is 2.36. The lowest BCUT2D eigenvalue weighted by molar-refractivity contribution is -0.0822. The van der Waals surface area contributed by atoms with Crippen LogP contribution in [0.5, 0.6) is 0 Å². The quantitative estimate of drug-likeness (QED) is 0.571. The maximum Gasteiger partial charge on any atom is 0.109 e. The first-order valence-corrected chi connectivity index (χ1v) is 5.82. The highest BCUT2D eigenvalue weighted by molar-refractivity contribution is 6.11. The molecule has 2 aliphatic rings. The largest absolute Gasteiger partial charge is 0.394 e. The maximum absolute atomic E-state index is 9.62. The zero-order valence-corrected chi connectivity index (χ0v) is 9.57. The van der Waals surface area contributed by atoms with Crippen molar-refractivity contribution >= 4 is 15.7 Å². The molecule has 2 unspecified atom stereocenters. The molecular weight excluding hydrogens is 222 g/mol. The van der Waals surface area contributed by atoms with Crippen molar-refractivity contribution in [2.24, 2.45) is 0 Å². The minimum atomic E-state index is -0.603. The molecule has 5 nitrogen and oxygen atoms in total. The summed E-state index contributed by atoms with van der Waals surface area (Å²) < 4.78 is 16.1. The van der Waals surface area contributed by atoms with E-state index in [4.69, 9.17) is 35.0 Å². The molecule has 0 amide bonds. The van der Waals surface area contributed by atoms with E-state index in [-0.39, 0.29) is 19.3 Å². The van der Waals surface area contributed by atoms with Gasteiger partial charge in [0.05, 0.1) is 25.4 Å². The number of ether oxygens (including phenoxy) is 3. The molecule has 6 atom stereocenters. The van der Waals surface area contributed by atoms with Crippen molar-refractivity contribution in [3.8, 4) is 0 Å². The van der Waals surface area contributed by atoms with E-state index >= 15 is 0 Å². The third-order valence-corrected chi connectivity index (χ3v) is 3.14. The Morgan fingerprint density at radius 1 is 1.12 bits per heavy atom. The first kappa shape index (κ1) is 13.4. The first-order chi connectivity index (χ1) is 8.10. The zero-order chi connectivity index (χ0) is 12.4. The van der Waals surface area contributed by atoms with E-state index in [1.807, 2.05) is 0 Å². The molecule has 2 rings (SSSR count). The van der Waals surface area contributed by atoms with Gasteiger partial charge in [-0.05, 0) is 12.8 Å². The van der Waals surface area contributed by atoms with Gasteiger partial charge in [-0.3, -0.25) is 0 Å². The van der Waals surface area contributed by atoms with Crippen molar-refractivity contribution in [1.29, 1.82) is 0 Å². The summed E-state index contributed by atoms with van der Waals surface area (Å²) in [7, 11) is 11.2. The molecule has 0 aromatic carbocycles. The highest BCUT2D eigenvalue weighted by Crippen LogP contribution is 2.24. The molecule has 2 saturated heterocycles. The molecule has 2 N–H and O–H groups in total. The second-order valence-corrected chi connectivity index (χ2v) is 4.52. The number of aliphatic hydroxyl groups is 2. The van der Waals surface area contributed by atoms with Crippen molar-refractivity contribution in [3.63, 3.8) is 0 Å². The molecule has 7 heteroatoms. The van der Waals surface area contributed by atoms with E-state index in [9.17, 15) is 5.11 Å². The van der Waals surface area contributed by atoms with Crippen molar-refractivity contribution in [2.45, 2.75) is 49.3 Å². The lowest BCUT2D eigenvalue weighted by Crippen LogP contribution is -2.34. The molecule has 0 aromatic heterocycles. The number of hydrogen-bond acceptors (Lipinski definition) is 5. The molecule has 2 heterocycles. The molecule has 0 aromatic rings. The Labute approximate surface area is 103 Å². The second-order valence-electron chi connectivity index (χ2n) is 4.52. The summed E-state index contributed by atoms with van der Waals surface area (Å²) in [5.41, 5.74) is 0. The van der Waals surface area contributed by atoms with Crippen LogP contribution < -0.4 is 0 Å². The van der Waals surface area contributed by atoms with Gasteiger partial charge in [-0.2, -0.15) is 0 Å². The van der Waals surface area contributed by atoms with E-state index in [0.29, 0.717) is 12.8 Å². The molecule has 2 fully saturated rings. The summed E-state index contributed by atoms with van der Waals surface area (Å²) in [6.45, 7) is 0.0953. The monoisotopic (exact) mass is 238 g/mol. The van der Waals surface area contributed by atoms with Crippen LogP contribution in [0.1, 0.15) is 12.8 Å². The third-order valence-electron chi connectivity index (χ3n) is 3.14. The van der Waals surface area contributed by atoms with Crippen LogP contribution in [0.2, 0.25) is 0 Å². The molecule has 0 saturated carbocycles. The van der Waals surface area contributed by atoms with Gasteiger partial charge in [0.15, 0.2) is 0 Å². The number of aliphatic hydroxyl groups excluding tert-OH is 2. The Morgan fingerprint density at radius 3 is 2.35 bits per heavy atom. The van der Waals surface area contributed by atoms with Crippen LogP contribution in [-0.2, 0) is 14.2 Å². The van der Waals surface area contributed by atoms with Gasteiger partial charge in [0.1, 0.15) is 27.9 Å². The average Bonchev–Trinajstić information content (AvgIpc) is 2.78. The van der Waals surface area contributed by atoms with Crippen molar-refractivity contribution in [1.82, 2.24) is 0 Å². The molecule has 0 spiro atoms. The summed E-state index contributed by atoms with van der Waals surface area (Å²) in [6.07, 6.45) is -0.743. The minimum absolute atomic E-state index is 0.133. The normalized spacial score (nSPS) is 46.5. The number of hydrogen-bond donors (Lipinski definition) is 2. The minimum Gasteiger partial charge on any atom is -0.394 e. The Balaban J connectivity index is 1.78. The van der Waals surface area contributed by atoms with Gasteiger partial charge in [-0.1, -0.05) is 0 Å². The fraction of sp³-hybridized carbons (Fsp3) is 1.00. The SMILES string of the molecule is [B][C@H]1CC(O)[C@@H](COC2C[C@H]([B])O[C@@H]2CO)O1. The molecule has 0 aliphatic carbocycles. The summed E-state index contributed by atoms with van der Waals surface area (Å²) in [6, 6.07) is -0.844. The Hall–Kier alpha value is -0.0701. The highest BCUT2D eigenvalue weighted by atomic mass is 16.6. The summed E-state index contributed by atoms with van der Waals surface area (Å²) in [5.74, 6) is 0. The van der Waals surface area contributed by atoms with E-state index in [1.165, 1.54) is 0 Å².